The maximum absolute atomic E-state index is 6.13. The molecular weight excluding hydrogens is 148 g/mol. The Hall–Kier alpha value is -0.0400. The van der Waals surface area contributed by atoms with E-state index in [4.69, 9.17) is 4.74 Å². The Bertz CT molecular complexity index is 221. The molecule has 0 atom stereocenters. The van der Waals surface area contributed by atoms with Crippen LogP contribution in [-0.4, -0.2) is 11.7 Å². The van der Waals surface area contributed by atoms with E-state index in [-0.39, 0.29) is 5.60 Å². The molecule has 0 aromatic carbocycles. The lowest BCUT2D eigenvalue weighted by molar-refractivity contribution is -0.0703. The smallest absolute Gasteiger partial charge is 0.0649 e. The van der Waals surface area contributed by atoms with Gasteiger partial charge in [-0.3, -0.25) is 0 Å². The summed E-state index contributed by atoms with van der Waals surface area (Å²) in [6, 6.07) is 0. The molecule has 0 radical (unpaired) electrons. The van der Waals surface area contributed by atoms with Crippen LogP contribution in [0.5, 0.6) is 0 Å². The molecule has 5 saturated carbocycles. The molecule has 0 aliphatic heterocycles. The second-order valence-electron chi connectivity index (χ2n) is 6.16. The molecule has 12 heavy (non-hydrogen) atoms. The van der Waals surface area contributed by atoms with E-state index >= 15 is 0 Å². The highest BCUT2D eigenvalue weighted by atomic mass is 16.5. The molecule has 5 fully saturated rings. The Morgan fingerprint density at radius 2 is 1.17 bits per heavy atom. The first-order valence-electron chi connectivity index (χ1n) is 5.27. The Morgan fingerprint density at radius 1 is 0.750 bits per heavy atom. The summed E-state index contributed by atoms with van der Waals surface area (Å²) in [5.74, 6) is 6.62. The van der Waals surface area contributed by atoms with Crippen LogP contribution in [0.25, 0.3) is 0 Å². The van der Waals surface area contributed by atoms with Gasteiger partial charge in [-0.2, -0.15) is 0 Å². The highest BCUT2D eigenvalue weighted by Crippen LogP contribution is 2.92. The van der Waals surface area contributed by atoms with E-state index in [9.17, 15) is 0 Å². The number of ether oxygens (including phenoxy) is 1. The average molecular weight is 164 g/mol. The second-order valence-corrected chi connectivity index (χ2v) is 6.16. The van der Waals surface area contributed by atoms with Gasteiger partial charge in [0.1, 0.15) is 0 Å². The van der Waals surface area contributed by atoms with Crippen molar-refractivity contribution in [3.63, 3.8) is 0 Å². The third kappa shape index (κ3) is 0.477. The minimum absolute atomic E-state index is 0.0920. The molecule has 1 heteroatoms. The van der Waals surface area contributed by atoms with Crippen molar-refractivity contribution in [3.05, 3.63) is 0 Å². The van der Waals surface area contributed by atoms with Gasteiger partial charge in [0.05, 0.1) is 11.7 Å². The summed E-state index contributed by atoms with van der Waals surface area (Å²) in [5.41, 5.74) is 0.0920. The predicted molar refractivity (Wildman–Crippen MR) is 45.6 cm³/mol. The quantitative estimate of drug-likeness (QED) is 0.575. The zero-order valence-electron chi connectivity index (χ0n) is 7.95. The van der Waals surface area contributed by atoms with E-state index in [2.05, 4.69) is 20.8 Å². The van der Waals surface area contributed by atoms with E-state index in [1.54, 1.807) is 0 Å². The van der Waals surface area contributed by atoms with Gasteiger partial charge in [0.25, 0.3) is 0 Å². The highest BCUT2D eigenvalue weighted by molar-refractivity contribution is 5.39. The molecule has 0 saturated heterocycles. The van der Waals surface area contributed by atoms with Crippen LogP contribution >= 0.6 is 0 Å². The van der Waals surface area contributed by atoms with Crippen molar-refractivity contribution < 1.29 is 4.74 Å². The number of rotatable bonds is 1. The molecule has 0 heterocycles. The maximum Gasteiger partial charge on any atom is 0.0649 e. The fourth-order valence-electron chi connectivity index (χ4n) is 4.38. The lowest BCUT2D eigenvalue weighted by Gasteiger charge is -2.25. The Labute approximate surface area is 73.5 Å². The molecule has 2 bridgehead atoms. The molecule has 0 aromatic rings. The van der Waals surface area contributed by atoms with Crippen molar-refractivity contribution in [3.8, 4) is 0 Å². The van der Waals surface area contributed by atoms with Crippen LogP contribution in [0.15, 0.2) is 0 Å². The normalized spacial score (nSPS) is 68.8. The standard InChI is InChI=1S/C11H16O/c1-11(2,3)12-10-8-4-5(8)7-6(4)9(7)10/h4-10H,1-3H3. The Balaban J connectivity index is 1.58. The SMILES string of the molecule is CC(C)(C)OC1C2C3C2C2C1C32. The van der Waals surface area contributed by atoms with Gasteiger partial charge < -0.3 is 4.74 Å². The van der Waals surface area contributed by atoms with Crippen molar-refractivity contribution in [2.75, 3.05) is 0 Å². The van der Waals surface area contributed by atoms with Gasteiger partial charge in [-0.1, -0.05) is 0 Å². The van der Waals surface area contributed by atoms with E-state index in [0.29, 0.717) is 6.10 Å². The van der Waals surface area contributed by atoms with Crippen molar-refractivity contribution in [2.45, 2.75) is 32.5 Å². The molecule has 66 valence electrons. The zero-order chi connectivity index (χ0) is 8.25. The highest BCUT2D eigenvalue weighted by Gasteiger charge is 2.92. The average Bonchev–Trinajstić information content (AvgIpc) is 2.53. The van der Waals surface area contributed by atoms with E-state index in [1.165, 1.54) is 0 Å². The molecule has 5 rings (SSSR count). The molecule has 1 nitrogen and oxygen atoms in total. The summed E-state index contributed by atoms with van der Waals surface area (Å²) in [7, 11) is 0. The van der Waals surface area contributed by atoms with Gasteiger partial charge in [0, 0.05) is 0 Å². The van der Waals surface area contributed by atoms with Gasteiger partial charge in [-0.25, -0.2) is 0 Å². The van der Waals surface area contributed by atoms with Gasteiger partial charge in [-0.05, 0) is 56.3 Å². The Morgan fingerprint density at radius 3 is 1.50 bits per heavy atom. The fourth-order valence-corrected chi connectivity index (χ4v) is 4.38. The molecule has 5 aliphatic carbocycles. The fraction of sp³-hybridized carbons (Fsp3) is 1.00. The molecule has 5 aliphatic rings. The summed E-state index contributed by atoms with van der Waals surface area (Å²) in [6.07, 6.45) is 0.676. The summed E-state index contributed by atoms with van der Waals surface area (Å²) < 4.78 is 6.13. The van der Waals surface area contributed by atoms with E-state index in [0.717, 1.165) is 35.5 Å². The van der Waals surface area contributed by atoms with Crippen molar-refractivity contribution in [1.82, 2.24) is 0 Å². The van der Waals surface area contributed by atoms with Crippen LogP contribution in [0.1, 0.15) is 20.8 Å². The molecule has 0 unspecified atom stereocenters. The lowest BCUT2D eigenvalue weighted by Crippen LogP contribution is -2.28. The van der Waals surface area contributed by atoms with Crippen LogP contribution < -0.4 is 0 Å². The van der Waals surface area contributed by atoms with Crippen molar-refractivity contribution in [2.24, 2.45) is 35.5 Å². The maximum atomic E-state index is 6.13. The largest absolute Gasteiger partial charge is 0.372 e. The van der Waals surface area contributed by atoms with E-state index < -0.39 is 0 Å². The third-order valence-electron chi connectivity index (χ3n) is 4.52. The number of hydrogen-bond acceptors (Lipinski definition) is 1. The van der Waals surface area contributed by atoms with Gasteiger partial charge >= 0.3 is 0 Å². The first-order chi connectivity index (χ1) is 5.60. The van der Waals surface area contributed by atoms with Gasteiger partial charge in [0.2, 0.25) is 0 Å². The second kappa shape index (κ2) is 1.39. The molecule has 0 aromatic heterocycles. The minimum atomic E-state index is 0.0920. The lowest BCUT2D eigenvalue weighted by atomic mass is 10.0. The van der Waals surface area contributed by atoms with Crippen LogP contribution in [0.2, 0.25) is 0 Å². The number of hydrogen-bond donors (Lipinski definition) is 0. The van der Waals surface area contributed by atoms with Crippen LogP contribution in [0, 0.1) is 35.5 Å². The molecule has 0 amide bonds. The monoisotopic (exact) mass is 164 g/mol. The Kier molecular flexibility index (Phi) is 0.744. The first-order valence-corrected chi connectivity index (χ1v) is 5.27. The molecule has 0 N–H and O–H groups in total. The van der Waals surface area contributed by atoms with Crippen LogP contribution in [0.4, 0.5) is 0 Å². The van der Waals surface area contributed by atoms with Crippen molar-refractivity contribution in [1.29, 1.82) is 0 Å². The van der Waals surface area contributed by atoms with Gasteiger partial charge in [0.15, 0.2) is 0 Å². The molecular formula is C11H16O. The summed E-state index contributed by atoms with van der Waals surface area (Å²) in [5, 5.41) is 0. The van der Waals surface area contributed by atoms with Gasteiger partial charge in [-0.15, -0.1) is 0 Å². The summed E-state index contributed by atoms with van der Waals surface area (Å²) >= 11 is 0. The first kappa shape index (κ1) is 6.42. The molecule has 0 spiro atoms. The van der Waals surface area contributed by atoms with Crippen LogP contribution in [0.3, 0.4) is 0 Å². The summed E-state index contributed by atoms with van der Waals surface area (Å²) in [4.78, 5) is 0. The minimum Gasteiger partial charge on any atom is -0.372 e. The topological polar surface area (TPSA) is 9.23 Å². The van der Waals surface area contributed by atoms with Crippen LogP contribution in [-0.2, 0) is 4.74 Å². The third-order valence-corrected chi connectivity index (χ3v) is 4.52. The predicted octanol–water partition coefficient (Wildman–Crippen LogP) is 1.92. The van der Waals surface area contributed by atoms with Crippen molar-refractivity contribution >= 4 is 0 Å². The summed E-state index contributed by atoms with van der Waals surface area (Å²) in [6.45, 7) is 6.57. The zero-order valence-corrected chi connectivity index (χ0v) is 7.95. The van der Waals surface area contributed by atoms with E-state index in [1.807, 2.05) is 0 Å².